The summed E-state index contributed by atoms with van der Waals surface area (Å²) >= 11 is 0. The van der Waals surface area contributed by atoms with Gasteiger partial charge in [-0.05, 0) is 49.1 Å². The molecule has 1 atom stereocenters. The molecule has 146 valence electrons. The molecule has 6 heteroatoms. The lowest BCUT2D eigenvalue weighted by atomic mass is 10.1. The predicted octanol–water partition coefficient (Wildman–Crippen LogP) is 3.11. The first kappa shape index (κ1) is 19.5. The van der Waals surface area contributed by atoms with E-state index in [4.69, 9.17) is 14.2 Å². The molecule has 1 amide bonds. The molecule has 0 aliphatic carbocycles. The Morgan fingerprint density at radius 2 is 1.93 bits per heavy atom. The van der Waals surface area contributed by atoms with E-state index in [-0.39, 0.29) is 25.3 Å². The van der Waals surface area contributed by atoms with Gasteiger partial charge in [0.05, 0.1) is 0 Å². The van der Waals surface area contributed by atoms with Gasteiger partial charge in [0, 0.05) is 12.1 Å². The number of carbonyl (C=O) groups is 2. The van der Waals surface area contributed by atoms with Gasteiger partial charge in [-0.15, -0.1) is 0 Å². The Balaban J connectivity index is 1.37. The average Bonchev–Trinajstić information content (AvgIpc) is 3.18. The van der Waals surface area contributed by atoms with Crippen LogP contribution in [0, 0.1) is 0 Å². The van der Waals surface area contributed by atoms with Crippen LogP contribution in [0.1, 0.15) is 24.5 Å². The van der Waals surface area contributed by atoms with Gasteiger partial charge in [-0.1, -0.05) is 36.4 Å². The van der Waals surface area contributed by atoms with Crippen LogP contribution in [0.5, 0.6) is 11.5 Å². The minimum absolute atomic E-state index is 0.00409. The molecule has 0 aromatic heterocycles. The van der Waals surface area contributed by atoms with Gasteiger partial charge in [-0.25, -0.2) is 4.79 Å². The third kappa shape index (κ3) is 5.87. The zero-order valence-corrected chi connectivity index (χ0v) is 15.7. The highest BCUT2D eigenvalue weighted by atomic mass is 16.7. The first-order valence-corrected chi connectivity index (χ1v) is 9.18. The van der Waals surface area contributed by atoms with Crippen molar-refractivity contribution in [2.75, 3.05) is 13.4 Å². The lowest BCUT2D eigenvalue weighted by Gasteiger charge is -2.13. The molecule has 1 N–H and O–H groups in total. The Morgan fingerprint density at radius 1 is 1.14 bits per heavy atom. The van der Waals surface area contributed by atoms with Crippen molar-refractivity contribution in [3.05, 3.63) is 65.7 Å². The van der Waals surface area contributed by atoms with Crippen LogP contribution in [0.4, 0.5) is 0 Å². The molecular formula is C22H23NO5. The summed E-state index contributed by atoms with van der Waals surface area (Å²) in [5.74, 6) is 0.423. The van der Waals surface area contributed by atoms with Gasteiger partial charge < -0.3 is 19.5 Å². The van der Waals surface area contributed by atoms with Gasteiger partial charge in [-0.2, -0.15) is 0 Å². The monoisotopic (exact) mass is 381 g/mol. The van der Waals surface area contributed by atoms with Crippen molar-refractivity contribution in [2.24, 2.45) is 0 Å². The first-order chi connectivity index (χ1) is 13.6. The molecular weight excluding hydrogens is 358 g/mol. The number of hydrogen-bond donors (Lipinski definition) is 1. The standard InChI is InChI=1S/C22H23NO5/c1-16(7-8-17-5-3-2-4-6-17)23-21(24)14-26-22(25)12-10-18-9-11-19-20(13-18)28-15-27-19/h2-6,9-13,16H,7-8,14-15H2,1H3,(H,23,24)/b12-10+/t16-/m0/s1. The summed E-state index contributed by atoms with van der Waals surface area (Å²) in [6.07, 6.45) is 4.57. The van der Waals surface area contributed by atoms with Gasteiger partial charge in [0.15, 0.2) is 18.1 Å². The van der Waals surface area contributed by atoms with Crippen LogP contribution in [0.25, 0.3) is 6.08 Å². The lowest BCUT2D eigenvalue weighted by molar-refractivity contribution is -0.144. The van der Waals surface area contributed by atoms with Crippen LogP contribution in [0.15, 0.2) is 54.6 Å². The Morgan fingerprint density at radius 3 is 2.75 bits per heavy atom. The second kappa shape index (κ2) is 9.60. The van der Waals surface area contributed by atoms with E-state index in [0.29, 0.717) is 11.5 Å². The molecule has 0 saturated carbocycles. The van der Waals surface area contributed by atoms with Crippen molar-refractivity contribution >= 4 is 18.0 Å². The van der Waals surface area contributed by atoms with Crippen LogP contribution in [0.3, 0.4) is 0 Å². The summed E-state index contributed by atoms with van der Waals surface area (Å²) in [7, 11) is 0. The fourth-order valence-corrected chi connectivity index (χ4v) is 2.78. The van der Waals surface area contributed by atoms with Crippen molar-refractivity contribution in [3.8, 4) is 11.5 Å². The topological polar surface area (TPSA) is 73.9 Å². The summed E-state index contributed by atoms with van der Waals surface area (Å²) < 4.78 is 15.5. The second-order valence-electron chi connectivity index (χ2n) is 6.55. The highest BCUT2D eigenvalue weighted by Crippen LogP contribution is 2.32. The molecule has 2 aromatic rings. The zero-order valence-electron chi connectivity index (χ0n) is 15.7. The molecule has 1 aliphatic heterocycles. The van der Waals surface area contributed by atoms with Gasteiger partial charge in [0.2, 0.25) is 6.79 Å². The minimum atomic E-state index is -0.579. The van der Waals surface area contributed by atoms with E-state index in [0.717, 1.165) is 18.4 Å². The fraction of sp³-hybridized carbons (Fsp3) is 0.273. The molecule has 0 bridgehead atoms. The number of hydrogen-bond acceptors (Lipinski definition) is 5. The molecule has 28 heavy (non-hydrogen) atoms. The maximum absolute atomic E-state index is 11.9. The third-order valence-corrected chi connectivity index (χ3v) is 4.27. The molecule has 0 saturated heterocycles. The molecule has 6 nitrogen and oxygen atoms in total. The van der Waals surface area contributed by atoms with Crippen LogP contribution in [-0.4, -0.2) is 31.3 Å². The molecule has 0 unspecified atom stereocenters. The van der Waals surface area contributed by atoms with E-state index in [9.17, 15) is 9.59 Å². The Labute approximate surface area is 164 Å². The predicted molar refractivity (Wildman–Crippen MR) is 105 cm³/mol. The largest absolute Gasteiger partial charge is 0.454 e. The minimum Gasteiger partial charge on any atom is -0.454 e. The van der Waals surface area contributed by atoms with Crippen LogP contribution >= 0.6 is 0 Å². The van der Waals surface area contributed by atoms with Crippen molar-refractivity contribution in [1.82, 2.24) is 5.32 Å². The number of fused-ring (bicyclic) bond motifs is 1. The zero-order chi connectivity index (χ0) is 19.8. The van der Waals surface area contributed by atoms with Crippen LogP contribution < -0.4 is 14.8 Å². The summed E-state index contributed by atoms with van der Waals surface area (Å²) in [6.45, 7) is 1.83. The number of carbonyl (C=O) groups excluding carboxylic acids is 2. The summed E-state index contributed by atoms with van der Waals surface area (Å²) in [5.41, 5.74) is 2.00. The van der Waals surface area contributed by atoms with E-state index >= 15 is 0 Å². The Hall–Kier alpha value is -3.28. The van der Waals surface area contributed by atoms with Gasteiger partial charge >= 0.3 is 5.97 Å². The van der Waals surface area contributed by atoms with Gasteiger partial charge in [0.1, 0.15) is 0 Å². The maximum Gasteiger partial charge on any atom is 0.331 e. The number of benzene rings is 2. The lowest BCUT2D eigenvalue weighted by Crippen LogP contribution is -2.36. The van der Waals surface area contributed by atoms with Gasteiger partial charge in [0.25, 0.3) is 5.91 Å². The third-order valence-electron chi connectivity index (χ3n) is 4.27. The van der Waals surface area contributed by atoms with Crippen molar-refractivity contribution in [3.63, 3.8) is 0 Å². The molecule has 2 aromatic carbocycles. The van der Waals surface area contributed by atoms with Crippen LogP contribution in [-0.2, 0) is 20.7 Å². The maximum atomic E-state index is 11.9. The highest BCUT2D eigenvalue weighted by Gasteiger charge is 2.13. The van der Waals surface area contributed by atoms with Crippen molar-refractivity contribution < 1.29 is 23.8 Å². The number of esters is 1. The molecule has 0 fully saturated rings. The number of nitrogens with one attached hydrogen (secondary N) is 1. The van der Waals surface area contributed by atoms with Crippen molar-refractivity contribution in [1.29, 1.82) is 0 Å². The number of amides is 1. The van der Waals surface area contributed by atoms with E-state index < -0.39 is 5.97 Å². The number of ether oxygens (including phenoxy) is 3. The van der Waals surface area contributed by atoms with E-state index in [2.05, 4.69) is 17.4 Å². The van der Waals surface area contributed by atoms with Gasteiger partial charge in [-0.3, -0.25) is 4.79 Å². The Bertz CT molecular complexity index is 847. The second-order valence-corrected chi connectivity index (χ2v) is 6.55. The smallest absolute Gasteiger partial charge is 0.331 e. The fourth-order valence-electron chi connectivity index (χ4n) is 2.78. The molecule has 3 rings (SSSR count). The number of aryl methyl sites for hydroxylation is 1. The SMILES string of the molecule is C[C@@H](CCc1ccccc1)NC(=O)COC(=O)/C=C/c1ccc2c(c1)OCO2. The molecule has 0 spiro atoms. The normalized spacial score (nSPS) is 13.3. The van der Waals surface area contributed by atoms with E-state index in [1.54, 1.807) is 24.3 Å². The average molecular weight is 381 g/mol. The van der Waals surface area contributed by atoms with Crippen molar-refractivity contribution in [2.45, 2.75) is 25.8 Å². The summed E-state index contributed by atoms with van der Waals surface area (Å²) in [5, 5.41) is 2.84. The Kier molecular flexibility index (Phi) is 6.68. The molecule has 0 radical (unpaired) electrons. The molecule has 1 heterocycles. The summed E-state index contributed by atoms with van der Waals surface area (Å²) in [4.78, 5) is 23.7. The van der Waals surface area contributed by atoms with E-state index in [1.807, 2.05) is 25.1 Å². The quantitative estimate of drug-likeness (QED) is 0.562. The summed E-state index contributed by atoms with van der Waals surface area (Å²) in [6, 6.07) is 15.4. The molecule has 1 aliphatic rings. The first-order valence-electron chi connectivity index (χ1n) is 9.18. The number of rotatable bonds is 8. The highest BCUT2D eigenvalue weighted by molar-refractivity contribution is 5.89. The van der Waals surface area contributed by atoms with E-state index in [1.165, 1.54) is 11.6 Å². The van der Waals surface area contributed by atoms with Crippen LogP contribution in [0.2, 0.25) is 0 Å².